The van der Waals surface area contributed by atoms with Gasteiger partial charge < -0.3 is 5.32 Å². The molecule has 1 N–H and O–H groups in total. The van der Waals surface area contributed by atoms with Crippen LogP contribution < -0.4 is 5.32 Å². The Morgan fingerprint density at radius 3 is 2.68 bits per heavy atom. The fourth-order valence-electron chi connectivity index (χ4n) is 2.41. The first-order valence-electron chi connectivity index (χ1n) is 7.02. The lowest BCUT2D eigenvalue weighted by Crippen LogP contribution is -2.24. The van der Waals surface area contributed by atoms with Crippen LogP contribution in [0.1, 0.15) is 27.3 Å². The molecule has 2 heterocycles. The Hall–Kier alpha value is -2.33. The Bertz CT molecular complexity index is 837. The van der Waals surface area contributed by atoms with Crippen molar-refractivity contribution in [3.05, 3.63) is 70.1 Å². The lowest BCUT2D eigenvalue weighted by Gasteiger charge is -2.06. The summed E-state index contributed by atoms with van der Waals surface area (Å²) in [5.41, 5.74) is 4.20. The van der Waals surface area contributed by atoms with Gasteiger partial charge >= 0.3 is 0 Å². The van der Waals surface area contributed by atoms with Crippen LogP contribution in [-0.4, -0.2) is 15.3 Å². The van der Waals surface area contributed by atoms with Gasteiger partial charge in [0.05, 0.1) is 5.69 Å². The minimum Gasteiger partial charge on any atom is -0.347 e. The molecule has 0 saturated heterocycles. The predicted molar refractivity (Wildman–Crippen MR) is 87.3 cm³/mol. The number of fused-ring (bicyclic) bond motifs is 1. The highest BCUT2D eigenvalue weighted by atomic mass is 35.5. The number of amides is 1. The standard InChI is InChI=1S/C17H16ClN3O/c1-11-7-8-21-15(9-11)20-12(2)16(21)17(22)19-10-13-3-5-14(18)6-4-13/h3-9H,10H2,1-2H3,(H,19,22). The second kappa shape index (κ2) is 5.81. The number of nitrogens with zero attached hydrogens (tertiary/aromatic N) is 2. The summed E-state index contributed by atoms with van der Waals surface area (Å²) < 4.78 is 1.82. The Morgan fingerprint density at radius 2 is 1.95 bits per heavy atom. The van der Waals surface area contributed by atoms with Crippen molar-refractivity contribution < 1.29 is 4.79 Å². The summed E-state index contributed by atoms with van der Waals surface area (Å²) in [4.78, 5) is 16.9. The molecule has 3 aromatic rings. The number of pyridine rings is 1. The smallest absolute Gasteiger partial charge is 0.270 e. The number of halogens is 1. The third kappa shape index (κ3) is 2.83. The Morgan fingerprint density at radius 1 is 1.23 bits per heavy atom. The van der Waals surface area contributed by atoms with E-state index in [-0.39, 0.29) is 5.91 Å². The van der Waals surface area contributed by atoms with Crippen LogP contribution in [-0.2, 0) is 6.54 Å². The van der Waals surface area contributed by atoms with Gasteiger partial charge in [0.15, 0.2) is 0 Å². The molecule has 0 spiro atoms. The number of hydrogen-bond donors (Lipinski definition) is 1. The van der Waals surface area contributed by atoms with E-state index in [0.29, 0.717) is 17.3 Å². The van der Waals surface area contributed by atoms with Crippen molar-refractivity contribution in [2.24, 2.45) is 0 Å². The number of imidazole rings is 1. The van der Waals surface area contributed by atoms with Crippen molar-refractivity contribution in [3.8, 4) is 0 Å². The highest BCUT2D eigenvalue weighted by molar-refractivity contribution is 6.30. The van der Waals surface area contributed by atoms with Crippen molar-refractivity contribution in [2.45, 2.75) is 20.4 Å². The van der Waals surface area contributed by atoms with Gasteiger partial charge in [-0.25, -0.2) is 4.98 Å². The normalized spacial score (nSPS) is 10.9. The van der Waals surface area contributed by atoms with Gasteiger partial charge in [-0.15, -0.1) is 0 Å². The zero-order valence-electron chi connectivity index (χ0n) is 12.4. The minimum absolute atomic E-state index is 0.135. The van der Waals surface area contributed by atoms with Gasteiger partial charge in [0.25, 0.3) is 5.91 Å². The molecule has 1 amide bonds. The number of rotatable bonds is 3. The molecule has 0 saturated carbocycles. The summed E-state index contributed by atoms with van der Waals surface area (Å²) in [6.45, 7) is 4.30. The van der Waals surface area contributed by atoms with Crippen LogP contribution >= 0.6 is 11.6 Å². The van der Waals surface area contributed by atoms with E-state index in [0.717, 1.165) is 22.5 Å². The highest BCUT2D eigenvalue weighted by Gasteiger charge is 2.16. The fourth-order valence-corrected chi connectivity index (χ4v) is 2.53. The molecule has 22 heavy (non-hydrogen) atoms. The molecule has 0 bridgehead atoms. The van der Waals surface area contributed by atoms with E-state index in [9.17, 15) is 4.79 Å². The predicted octanol–water partition coefficient (Wildman–Crippen LogP) is 3.53. The summed E-state index contributed by atoms with van der Waals surface area (Å²) in [6, 6.07) is 11.3. The first-order valence-corrected chi connectivity index (χ1v) is 7.40. The second-order valence-corrected chi connectivity index (χ2v) is 5.72. The van der Waals surface area contributed by atoms with Gasteiger partial charge in [0.2, 0.25) is 0 Å². The fraction of sp³-hybridized carbons (Fsp3) is 0.176. The number of hydrogen-bond acceptors (Lipinski definition) is 2. The van der Waals surface area contributed by atoms with Gasteiger partial charge in [0.1, 0.15) is 11.3 Å². The van der Waals surface area contributed by atoms with Gasteiger partial charge in [-0.2, -0.15) is 0 Å². The average Bonchev–Trinajstić information content (AvgIpc) is 2.81. The van der Waals surface area contributed by atoms with Crippen molar-refractivity contribution in [1.82, 2.24) is 14.7 Å². The minimum atomic E-state index is -0.135. The lowest BCUT2D eigenvalue weighted by molar-refractivity contribution is 0.0944. The van der Waals surface area contributed by atoms with Gasteiger partial charge in [-0.1, -0.05) is 23.7 Å². The molecule has 5 heteroatoms. The summed E-state index contributed by atoms with van der Waals surface area (Å²) in [5.74, 6) is -0.135. The number of carbonyl (C=O) groups excluding carboxylic acids is 1. The zero-order valence-corrected chi connectivity index (χ0v) is 13.2. The van der Waals surface area contributed by atoms with Crippen LogP contribution in [0.2, 0.25) is 5.02 Å². The molecule has 0 aliphatic carbocycles. The Labute approximate surface area is 133 Å². The zero-order chi connectivity index (χ0) is 15.7. The maximum atomic E-state index is 12.5. The Balaban J connectivity index is 1.83. The maximum Gasteiger partial charge on any atom is 0.270 e. The molecular formula is C17H16ClN3O. The number of aromatic nitrogens is 2. The summed E-state index contributed by atoms with van der Waals surface area (Å²) in [5, 5.41) is 3.61. The number of benzene rings is 1. The average molecular weight is 314 g/mol. The van der Waals surface area contributed by atoms with E-state index >= 15 is 0 Å². The molecule has 0 aliphatic heterocycles. The van der Waals surface area contributed by atoms with E-state index in [4.69, 9.17) is 11.6 Å². The maximum absolute atomic E-state index is 12.5. The van der Waals surface area contributed by atoms with Crippen LogP contribution in [0, 0.1) is 13.8 Å². The van der Waals surface area contributed by atoms with Crippen LogP contribution in [0.15, 0.2) is 42.6 Å². The Kier molecular flexibility index (Phi) is 3.86. The first-order chi connectivity index (χ1) is 10.5. The molecule has 0 radical (unpaired) electrons. The molecule has 2 aromatic heterocycles. The first kappa shape index (κ1) is 14.6. The summed E-state index contributed by atoms with van der Waals surface area (Å²) >= 11 is 5.86. The van der Waals surface area contributed by atoms with Gasteiger partial charge in [-0.05, 0) is 49.2 Å². The molecule has 1 aromatic carbocycles. The molecule has 112 valence electrons. The molecule has 4 nitrogen and oxygen atoms in total. The van der Waals surface area contributed by atoms with Crippen molar-refractivity contribution in [3.63, 3.8) is 0 Å². The number of carbonyl (C=O) groups is 1. The van der Waals surface area contributed by atoms with Crippen molar-refractivity contribution in [2.75, 3.05) is 0 Å². The third-order valence-electron chi connectivity index (χ3n) is 3.54. The molecule has 0 unspecified atom stereocenters. The van der Waals surface area contributed by atoms with Gasteiger partial charge in [0, 0.05) is 17.8 Å². The van der Waals surface area contributed by atoms with Crippen LogP contribution in [0.4, 0.5) is 0 Å². The molecule has 3 rings (SSSR count). The van der Waals surface area contributed by atoms with Crippen molar-refractivity contribution in [1.29, 1.82) is 0 Å². The summed E-state index contributed by atoms with van der Waals surface area (Å²) in [7, 11) is 0. The van der Waals surface area contributed by atoms with Crippen LogP contribution in [0.25, 0.3) is 5.65 Å². The highest BCUT2D eigenvalue weighted by Crippen LogP contribution is 2.14. The van der Waals surface area contributed by atoms with Crippen molar-refractivity contribution >= 4 is 23.2 Å². The van der Waals surface area contributed by atoms with Crippen LogP contribution in [0.3, 0.4) is 0 Å². The second-order valence-electron chi connectivity index (χ2n) is 5.29. The quantitative estimate of drug-likeness (QED) is 0.804. The van der Waals surface area contributed by atoms with E-state index in [1.165, 1.54) is 0 Å². The third-order valence-corrected chi connectivity index (χ3v) is 3.79. The number of nitrogens with one attached hydrogen (secondary N) is 1. The van der Waals surface area contributed by atoms with Crippen LogP contribution in [0.5, 0.6) is 0 Å². The lowest BCUT2D eigenvalue weighted by atomic mass is 10.2. The molecular weight excluding hydrogens is 298 g/mol. The number of aryl methyl sites for hydroxylation is 2. The van der Waals surface area contributed by atoms with E-state index in [1.807, 2.05) is 60.8 Å². The van der Waals surface area contributed by atoms with E-state index < -0.39 is 0 Å². The monoisotopic (exact) mass is 313 g/mol. The summed E-state index contributed by atoms with van der Waals surface area (Å²) in [6.07, 6.45) is 1.88. The topological polar surface area (TPSA) is 46.4 Å². The molecule has 0 aliphatic rings. The molecule has 0 fully saturated rings. The SMILES string of the molecule is Cc1ccn2c(C(=O)NCc3ccc(Cl)cc3)c(C)nc2c1. The van der Waals surface area contributed by atoms with Gasteiger partial charge in [-0.3, -0.25) is 9.20 Å². The van der Waals surface area contributed by atoms with E-state index in [2.05, 4.69) is 10.3 Å². The van der Waals surface area contributed by atoms with E-state index in [1.54, 1.807) is 0 Å². The largest absolute Gasteiger partial charge is 0.347 e. The molecule has 0 atom stereocenters.